The predicted molar refractivity (Wildman–Crippen MR) is 68.7 cm³/mol. The second-order valence-electron chi connectivity index (χ2n) is 3.29. The van der Waals surface area contributed by atoms with Crippen LogP contribution in [-0.2, 0) is 0 Å². The van der Waals surface area contributed by atoms with Crippen molar-refractivity contribution in [1.29, 1.82) is 0 Å². The number of benzene rings is 1. The van der Waals surface area contributed by atoms with E-state index < -0.39 is 0 Å². The molecule has 0 bridgehead atoms. The minimum Gasteiger partial charge on any atom is -0.321 e. The summed E-state index contributed by atoms with van der Waals surface area (Å²) in [5.41, 5.74) is 0.855. The van der Waals surface area contributed by atoms with E-state index in [2.05, 4.69) is 10.3 Å². The molecule has 2 aromatic rings. The lowest BCUT2D eigenvalue weighted by atomic mass is 10.2. The van der Waals surface area contributed by atoms with Gasteiger partial charge in [-0.05, 0) is 18.2 Å². The maximum atomic E-state index is 11.9. The quantitative estimate of drug-likeness (QED) is 0.902. The van der Waals surface area contributed by atoms with Gasteiger partial charge in [0.15, 0.2) is 0 Å². The fourth-order valence-corrected chi connectivity index (χ4v) is 1.67. The molecular formula is C12H8Cl2N2O. The van der Waals surface area contributed by atoms with Crippen LogP contribution in [0.1, 0.15) is 10.4 Å². The minimum absolute atomic E-state index is 0.314. The smallest absolute Gasteiger partial charge is 0.258 e. The topological polar surface area (TPSA) is 42.0 Å². The molecule has 0 fully saturated rings. The maximum Gasteiger partial charge on any atom is 0.258 e. The van der Waals surface area contributed by atoms with E-state index in [0.717, 1.165) is 0 Å². The van der Waals surface area contributed by atoms with Crippen molar-refractivity contribution in [2.24, 2.45) is 0 Å². The average Bonchev–Trinajstić information content (AvgIpc) is 2.32. The van der Waals surface area contributed by atoms with Gasteiger partial charge in [0.25, 0.3) is 5.91 Å². The van der Waals surface area contributed by atoms with E-state index in [4.69, 9.17) is 23.2 Å². The molecular weight excluding hydrogens is 259 g/mol. The summed E-state index contributed by atoms with van der Waals surface area (Å²) in [6, 6.07) is 8.54. The number of carbonyl (C=O) groups excluding carboxylic acids is 1. The summed E-state index contributed by atoms with van der Waals surface area (Å²) in [5.74, 6) is -0.337. The first-order valence-electron chi connectivity index (χ1n) is 4.84. The molecule has 1 heterocycles. The zero-order valence-corrected chi connectivity index (χ0v) is 10.2. The first-order valence-corrected chi connectivity index (χ1v) is 5.59. The van der Waals surface area contributed by atoms with Gasteiger partial charge >= 0.3 is 0 Å². The molecule has 5 heteroatoms. The molecule has 0 aliphatic carbocycles. The number of nitrogens with zero attached hydrogens (tertiary/aromatic N) is 1. The highest BCUT2D eigenvalue weighted by Crippen LogP contribution is 2.22. The SMILES string of the molecule is O=C(Nc1ccccc1Cl)c1cnccc1Cl. The van der Waals surface area contributed by atoms with Crippen LogP contribution in [0.15, 0.2) is 42.7 Å². The zero-order valence-electron chi connectivity index (χ0n) is 8.65. The van der Waals surface area contributed by atoms with Crippen LogP contribution in [0.3, 0.4) is 0 Å². The summed E-state index contributed by atoms with van der Waals surface area (Å²) in [6.07, 6.45) is 2.93. The molecule has 0 atom stereocenters. The lowest BCUT2D eigenvalue weighted by Crippen LogP contribution is -2.12. The van der Waals surface area contributed by atoms with Crippen LogP contribution in [-0.4, -0.2) is 10.9 Å². The van der Waals surface area contributed by atoms with Crippen molar-refractivity contribution >= 4 is 34.8 Å². The van der Waals surface area contributed by atoms with Gasteiger partial charge in [0.2, 0.25) is 0 Å². The highest BCUT2D eigenvalue weighted by atomic mass is 35.5. The number of aromatic nitrogens is 1. The van der Waals surface area contributed by atoms with Crippen molar-refractivity contribution < 1.29 is 4.79 Å². The molecule has 0 aliphatic heterocycles. The largest absolute Gasteiger partial charge is 0.321 e. The third kappa shape index (κ3) is 2.75. The number of halogens is 2. The van der Waals surface area contributed by atoms with Gasteiger partial charge in [-0.15, -0.1) is 0 Å². The average molecular weight is 267 g/mol. The molecule has 0 saturated carbocycles. The van der Waals surface area contributed by atoms with Crippen molar-refractivity contribution in [3.8, 4) is 0 Å². The summed E-state index contributed by atoms with van der Waals surface area (Å²) in [5, 5.41) is 3.50. The number of carbonyl (C=O) groups is 1. The van der Waals surface area contributed by atoms with E-state index in [-0.39, 0.29) is 5.91 Å². The Balaban J connectivity index is 2.24. The molecule has 1 aromatic heterocycles. The van der Waals surface area contributed by atoms with Crippen molar-refractivity contribution in [3.63, 3.8) is 0 Å². The summed E-state index contributed by atoms with van der Waals surface area (Å²) in [7, 11) is 0. The number of anilines is 1. The molecule has 1 N–H and O–H groups in total. The Bertz CT molecular complexity index is 558. The number of hydrogen-bond acceptors (Lipinski definition) is 2. The molecule has 1 aromatic carbocycles. The molecule has 0 radical (unpaired) electrons. The predicted octanol–water partition coefficient (Wildman–Crippen LogP) is 3.64. The molecule has 86 valence electrons. The zero-order chi connectivity index (χ0) is 12.3. The molecule has 17 heavy (non-hydrogen) atoms. The van der Waals surface area contributed by atoms with Gasteiger partial charge in [0.1, 0.15) is 0 Å². The molecule has 0 saturated heterocycles. The van der Waals surface area contributed by atoms with Gasteiger partial charge in [-0.2, -0.15) is 0 Å². The first kappa shape index (κ1) is 11.9. The van der Waals surface area contributed by atoms with E-state index in [1.165, 1.54) is 12.4 Å². The lowest BCUT2D eigenvalue weighted by Gasteiger charge is -2.07. The fourth-order valence-electron chi connectivity index (χ4n) is 1.30. The van der Waals surface area contributed by atoms with Crippen LogP contribution in [0, 0.1) is 0 Å². The van der Waals surface area contributed by atoms with E-state index in [1.54, 1.807) is 30.3 Å². The second kappa shape index (κ2) is 5.17. The molecule has 3 nitrogen and oxygen atoms in total. The minimum atomic E-state index is -0.337. The number of rotatable bonds is 2. The van der Waals surface area contributed by atoms with E-state index >= 15 is 0 Å². The number of hydrogen-bond donors (Lipinski definition) is 1. The number of amides is 1. The Morgan fingerprint density at radius 3 is 2.59 bits per heavy atom. The number of pyridine rings is 1. The number of para-hydroxylation sites is 1. The van der Waals surface area contributed by atoms with Crippen LogP contribution in [0.4, 0.5) is 5.69 Å². The van der Waals surface area contributed by atoms with Gasteiger partial charge in [0.05, 0.1) is 21.3 Å². The van der Waals surface area contributed by atoms with E-state index in [1.807, 2.05) is 0 Å². The van der Waals surface area contributed by atoms with E-state index in [0.29, 0.717) is 21.3 Å². The van der Waals surface area contributed by atoms with Gasteiger partial charge in [-0.25, -0.2) is 0 Å². The van der Waals surface area contributed by atoms with Crippen molar-refractivity contribution in [3.05, 3.63) is 58.3 Å². The Hall–Kier alpha value is -1.58. The summed E-state index contributed by atoms with van der Waals surface area (Å²) in [4.78, 5) is 15.7. The van der Waals surface area contributed by atoms with Crippen molar-refractivity contribution in [2.45, 2.75) is 0 Å². The molecule has 0 spiro atoms. The monoisotopic (exact) mass is 266 g/mol. The first-order chi connectivity index (χ1) is 8.18. The molecule has 2 rings (SSSR count). The summed E-state index contributed by atoms with van der Waals surface area (Å²) < 4.78 is 0. The number of nitrogens with one attached hydrogen (secondary N) is 1. The Morgan fingerprint density at radius 1 is 1.12 bits per heavy atom. The van der Waals surface area contributed by atoms with Crippen LogP contribution in [0.25, 0.3) is 0 Å². The van der Waals surface area contributed by atoms with Crippen LogP contribution in [0.5, 0.6) is 0 Å². The second-order valence-corrected chi connectivity index (χ2v) is 4.10. The van der Waals surface area contributed by atoms with Crippen LogP contribution < -0.4 is 5.32 Å². The van der Waals surface area contributed by atoms with E-state index in [9.17, 15) is 4.79 Å². The van der Waals surface area contributed by atoms with Crippen molar-refractivity contribution in [2.75, 3.05) is 5.32 Å². The highest BCUT2D eigenvalue weighted by molar-refractivity contribution is 6.35. The molecule has 0 unspecified atom stereocenters. The summed E-state index contributed by atoms with van der Waals surface area (Å²) in [6.45, 7) is 0. The van der Waals surface area contributed by atoms with Crippen LogP contribution in [0.2, 0.25) is 10.0 Å². The van der Waals surface area contributed by atoms with Gasteiger partial charge in [-0.3, -0.25) is 9.78 Å². The summed E-state index contributed by atoms with van der Waals surface area (Å²) >= 11 is 11.8. The third-order valence-electron chi connectivity index (χ3n) is 2.13. The Labute approximate surface area is 108 Å². The van der Waals surface area contributed by atoms with Crippen LogP contribution >= 0.6 is 23.2 Å². The lowest BCUT2D eigenvalue weighted by molar-refractivity contribution is 0.102. The van der Waals surface area contributed by atoms with Gasteiger partial charge in [0, 0.05) is 12.4 Å². The Kier molecular flexibility index (Phi) is 3.61. The standard InChI is InChI=1S/C12H8Cl2N2O/c13-9-5-6-15-7-8(9)12(17)16-11-4-2-1-3-10(11)14/h1-7H,(H,16,17). The highest BCUT2D eigenvalue weighted by Gasteiger charge is 2.11. The van der Waals surface area contributed by atoms with Gasteiger partial charge < -0.3 is 5.32 Å². The normalized spacial score (nSPS) is 10.0. The molecule has 1 amide bonds. The van der Waals surface area contributed by atoms with Gasteiger partial charge in [-0.1, -0.05) is 35.3 Å². The Morgan fingerprint density at radius 2 is 1.88 bits per heavy atom. The fraction of sp³-hybridized carbons (Fsp3) is 0. The third-order valence-corrected chi connectivity index (χ3v) is 2.79. The maximum absolute atomic E-state index is 11.9. The van der Waals surface area contributed by atoms with Crippen molar-refractivity contribution in [1.82, 2.24) is 4.98 Å². The molecule has 0 aliphatic rings.